The van der Waals surface area contributed by atoms with E-state index in [1.165, 1.54) is 0 Å². The van der Waals surface area contributed by atoms with Crippen LogP contribution < -0.4 is 4.72 Å². The Hall–Kier alpha value is -0.510. The molecular weight excluding hydrogens is 100 g/mol. The zero-order valence-electron chi connectivity index (χ0n) is 2.93. The lowest BCUT2D eigenvalue weighted by molar-refractivity contribution is -0.112. The topological polar surface area (TPSA) is 53.0 Å². The third kappa shape index (κ3) is 1.78. The zero-order chi connectivity index (χ0) is 4.99. The minimum atomic E-state index is -0.502. The van der Waals surface area contributed by atoms with Crippen LogP contribution in [0.2, 0.25) is 0 Å². The second kappa shape index (κ2) is 2.71. The molecule has 4 heteroatoms. The van der Waals surface area contributed by atoms with Crippen molar-refractivity contribution >= 4 is 24.9 Å². The largest absolute Gasteiger partial charge is 0.303 e. The van der Waals surface area contributed by atoms with Crippen LogP contribution in [0.4, 0.5) is 0 Å². The molecule has 0 aromatic rings. The van der Waals surface area contributed by atoms with Crippen LogP contribution in [0.15, 0.2) is 0 Å². The maximum absolute atomic E-state index is 9.75. The van der Waals surface area contributed by atoms with Crippen molar-refractivity contribution in [1.29, 1.82) is 5.41 Å². The van der Waals surface area contributed by atoms with Gasteiger partial charge in [0.15, 0.2) is 0 Å². The minimum Gasteiger partial charge on any atom is -0.303 e. The minimum absolute atomic E-state index is 0.502. The Labute approximate surface area is 40.8 Å². The van der Waals surface area contributed by atoms with Gasteiger partial charge >= 0.3 is 0 Å². The van der Waals surface area contributed by atoms with Gasteiger partial charge in [-0.1, -0.05) is 12.8 Å². The fourth-order valence-electron chi connectivity index (χ4n) is 0.0323. The summed E-state index contributed by atoms with van der Waals surface area (Å²) >= 11 is 3.34. The lowest BCUT2D eigenvalue weighted by Gasteiger charge is -1.79. The number of nitrogens with one attached hydrogen (secondary N) is 2. The Balaban J connectivity index is 3.23. The number of hydrogen-bond acceptors (Lipinski definition) is 3. The summed E-state index contributed by atoms with van der Waals surface area (Å²) in [6.45, 7) is 0. The Morgan fingerprint density at radius 1 is 2.00 bits per heavy atom. The molecule has 0 aliphatic heterocycles. The van der Waals surface area contributed by atoms with Gasteiger partial charge in [-0.15, -0.1) is 0 Å². The maximum atomic E-state index is 9.75. The highest BCUT2D eigenvalue weighted by Crippen LogP contribution is 1.55. The standard InChI is InChI=1S/C2H4N2OS/c3-1-2(5)4-6/h1,3,6H,(H,4,5). The number of thiol groups is 1. The highest BCUT2D eigenvalue weighted by molar-refractivity contribution is 7.78. The van der Waals surface area contributed by atoms with Crippen molar-refractivity contribution in [1.82, 2.24) is 4.72 Å². The van der Waals surface area contributed by atoms with E-state index in [1.54, 1.807) is 0 Å². The number of rotatable bonds is 1. The summed E-state index contributed by atoms with van der Waals surface area (Å²) in [4.78, 5) is 9.75. The first-order chi connectivity index (χ1) is 2.81. The van der Waals surface area contributed by atoms with Crippen LogP contribution in [0.5, 0.6) is 0 Å². The van der Waals surface area contributed by atoms with E-state index in [-0.39, 0.29) is 0 Å². The molecule has 0 fully saturated rings. The molecule has 0 bridgehead atoms. The first-order valence-electron chi connectivity index (χ1n) is 1.26. The summed E-state index contributed by atoms with van der Waals surface area (Å²) < 4.78 is 1.93. The van der Waals surface area contributed by atoms with Crippen LogP contribution >= 0.6 is 12.8 Å². The SMILES string of the molecule is N=CC(=O)NS. The molecule has 0 aromatic heterocycles. The molecule has 0 saturated heterocycles. The van der Waals surface area contributed by atoms with Gasteiger partial charge in [0, 0.05) is 0 Å². The van der Waals surface area contributed by atoms with Gasteiger partial charge in [0.2, 0.25) is 0 Å². The summed E-state index contributed by atoms with van der Waals surface area (Å²) in [5, 5.41) is 6.22. The van der Waals surface area contributed by atoms with Crippen LogP contribution in [-0.2, 0) is 4.79 Å². The summed E-state index contributed by atoms with van der Waals surface area (Å²) in [7, 11) is 0. The van der Waals surface area contributed by atoms with Crippen molar-refractivity contribution in [3.05, 3.63) is 0 Å². The van der Waals surface area contributed by atoms with Crippen molar-refractivity contribution in [2.75, 3.05) is 0 Å². The van der Waals surface area contributed by atoms with E-state index >= 15 is 0 Å². The van der Waals surface area contributed by atoms with Gasteiger partial charge in [0.25, 0.3) is 5.91 Å². The zero-order valence-corrected chi connectivity index (χ0v) is 3.83. The molecule has 0 radical (unpaired) electrons. The molecule has 0 spiro atoms. The predicted molar refractivity (Wildman–Crippen MR) is 25.9 cm³/mol. The Morgan fingerprint density at radius 3 is 2.50 bits per heavy atom. The van der Waals surface area contributed by atoms with Gasteiger partial charge in [-0.05, 0) is 0 Å². The van der Waals surface area contributed by atoms with Crippen LogP contribution in [0.3, 0.4) is 0 Å². The average molecular weight is 104 g/mol. The molecule has 0 aliphatic rings. The molecule has 0 unspecified atom stereocenters. The van der Waals surface area contributed by atoms with Gasteiger partial charge in [0.05, 0.1) is 6.21 Å². The van der Waals surface area contributed by atoms with Crippen LogP contribution in [0.25, 0.3) is 0 Å². The molecular formula is C2H4N2OS. The van der Waals surface area contributed by atoms with E-state index in [2.05, 4.69) is 12.8 Å². The molecule has 0 atom stereocenters. The van der Waals surface area contributed by atoms with Gasteiger partial charge in [-0.2, -0.15) is 0 Å². The van der Waals surface area contributed by atoms with Gasteiger partial charge in [-0.3, -0.25) is 9.52 Å². The fourth-order valence-corrected chi connectivity index (χ4v) is 0.0968. The summed E-state index contributed by atoms with van der Waals surface area (Å²) in [5.74, 6) is -0.502. The molecule has 0 heterocycles. The van der Waals surface area contributed by atoms with Crippen molar-refractivity contribution in [2.24, 2.45) is 0 Å². The number of amides is 1. The van der Waals surface area contributed by atoms with Crippen molar-refractivity contribution < 1.29 is 4.79 Å². The molecule has 0 aliphatic carbocycles. The molecule has 0 rings (SSSR count). The summed E-state index contributed by atoms with van der Waals surface area (Å²) in [6, 6.07) is 0. The highest BCUT2D eigenvalue weighted by atomic mass is 32.1. The predicted octanol–water partition coefficient (Wildman–Crippen LogP) is -0.403. The Morgan fingerprint density at radius 2 is 2.50 bits per heavy atom. The van der Waals surface area contributed by atoms with Crippen LogP contribution in [-0.4, -0.2) is 12.1 Å². The normalized spacial score (nSPS) is 6.83. The quantitative estimate of drug-likeness (QED) is 0.307. The third-order valence-corrected chi connectivity index (χ3v) is 0.462. The molecule has 6 heavy (non-hydrogen) atoms. The monoisotopic (exact) mass is 104 g/mol. The number of carbonyl (C=O) groups is 1. The van der Waals surface area contributed by atoms with E-state index < -0.39 is 5.91 Å². The van der Waals surface area contributed by atoms with Gasteiger partial charge in [0.1, 0.15) is 0 Å². The summed E-state index contributed by atoms with van der Waals surface area (Å²) in [6.07, 6.45) is 0.646. The van der Waals surface area contributed by atoms with E-state index in [4.69, 9.17) is 5.41 Å². The maximum Gasteiger partial charge on any atom is 0.271 e. The smallest absolute Gasteiger partial charge is 0.271 e. The average Bonchev–Trinajstić information content (AvgIpc) is 1.65. The molecule has 3 nitrogen and oxygen atoms in total. The lowest BCUT2D eigenvalue weighted by Crippen LogP contribution is -2.11. The van der Waals surface area contributed by atoms with E-state index in [0.717, 1.165) is 0 Å². The van der Waals surface area contributed by atoms with Crippen molar-refractivity contribution in [2.45, 2.75) is 0 Å². The lowest BCUT2D eigenvalue weighted by atomic mass is 10.7. The van der Waals surface area contributed by atoms with Crippen LogP contribution in [0.1, 0.15) is 0 Å². The molecule has 0 aromatic carbocycles. The molecule has 34 valence electrons. The van der Waals surface area contributed by atoms with Gasteiger partial charge in [-0.25, -0.2) is 0 Å². The Kier molecular flexibility index (Phi) is 2.48. The van der Waals surface area contributed by atoms with Gasteiger partial charge < -0.3 is 5.41 Å². The first kappa shape index (κ1) is 5.49. The first-order valence-corrected chi connectivity index (χ1v) is 1.70. The molecule has 2 N–H and O–H groups in total. The van der Waals surface area contributed by atoms with E-state index in [1.807, 2.05) is 4.72 Å². The van der Waals surface area contributed by atoms with Crippen LogP contribution in [0, 0.1) is 5.41 Å². The Bertz CT molecular complexity index is 71.9. The molecule has 1 amide bonds. The van der Waals surface area contributed by atoms with E-state index in [0.29, 0.717) is 6.21 Å². The number of hydrogen-bond donors (Lipinski definition) is 3. The molecule has 0 saturated carbocycles. The van der Waals surface area contributed by atoms with Crippen molar-refractivity contribution in [3.63, 3.8) is 0 Å². The third-order valence-electron chi connectivity index (χ3n) is 0.241. The fraction of sp³-hybridized carbons (Fsp3) is 0. The second-order valence-electron chi connectivity index (χ2n) is 0.620. The number of carbonyl (C=O) groups excluding carboxylic acids is 1. The highest BCUT2D eigenvalue weighted by Gasteiger charge is 1.82. The van der Waals surface area contributed by atoms with E-state index in [9.17, 15) is 4.79 Å². The van der Waals surface area contributed by atoms with Crippen molar-refractivity contribution in [3.8, 4) is 0 Å². The summed E-state index contributed by atoms with van der Waals surface area (Å²) in [5.41, 5.74) is 0. The second-order valence-corrected chi connectivity index (χ2v) is 0.844.